The first kappa shape index (κ1) is 16.0. The molecule has 0 atom stereocenters. The molecular formula is C12H13F3N2O3. The topological polar surface area (TPSA) is 67.4 Å². The summed E-state index contributed by atoms with van der Waals surface area (Å²) in [7, 11) is 0. The van der Waals surface area contributed by atoms with E-state index >= 15 is 0 Å². The van der Waals surface area contributed by atoms with Crippen LogP contribution in [0.15, 0.2) is 24.3 Å². The van der Waals surface area contributed by atoms with Gasteiger partial charge in [-0.15, -0.1) is 0 Å². The van der Waals surface area contributed by atoms with Gasteiger partial charge >= 0.3 is 6.18 Å². The predicted molar refractivity (Wildman–Crippen MR) is 63.7 cm³/mol. The lowest BCUT2D eigenvalue weighted by Crippen LogP contribution is -2.38. The molecule has 20 heavy (non-hydrogen) atoms. The lowest BCUT2D eigenvalue weighted by molar-refractivity contribution is -0.191. The van der Waals surface area contributed by atoms with Crippen LogP contribution in [0.3, 0.4) is 0 Å². The van der Waals surface area contributed by atoms with E-state index < -0.39 is 31.1 Å². The molecule has 1 aromatic carbocycles. The van der Waals surface area contributed by atoms with Gasteiger partial charge in [0.15, 0.2) is 6.61 Å². The van der Waals surface area contributed by atoms with Gasteiger partial charge < -0.3 is 5.32 Å². The average Bonchev–Trinajstić information content (AvgIpc) is 2.35. The molecule has 0 heterocycles. The Kier molecular flexibility index (Phi) is 5.51. The number of hydrogen-bond acceptors (Lipinski definition) is 3. The summed E-state index contributed by atoms with van der Waals surface area (Å²) in [5.74, 6) is -1.38. The second kappa shape index (κ2) is 6.90. The normalized spacial score (nSPS) is 11.0. The highest BCUT2D eigenvalue weighted by atomic mass is 19.4. The van der Waals surface area contributed by atoms with Crippen LogP contribution < -0.4 is 10.8 Å². The molecule has 0 saturated carbocycles. The number of amides is 2. The fraction of sp³-hybridized carbons (Fsp3) is 0.333. The van der Waals surface area contributed by atoms with E-state index in [4.69, 9.17) is 0 Å². The highest BCUT2D eigenvalue weighted by molar-refractivity contribution is 5.96. The monoisotopic (exact) mass is 290 g/mol. The van der Waals surface area contributed by atoms with Crippen LogP contribution in [0.4, 0.5) is 13.2 Å². The Bertz CT molecular complexity index is 472. The summed E-state index contributed by atoms with van der Waals surface area (Å²) in [5.41, 5.74) is 2.90. The standard InChI is InChI=1S/C12H13F3N2O3/c1-8-2-4-9(5-3-8)11(19)16-6-10(18)17-20-7-12(13,14)15/h2-5H,6-7H2,1H3,(H,16,19)(H,17,18). The molecular weight excluding hydrogens is 277 g/mol. The third-order valence-corrected chi connectivity index (χ3v) is 2.15. The van der Waals surface area contributed by atoms with E-state index in [1.54, 1.807) is 29.7 Å². The Balaban J connectivity index is 2.30. The third-order valence-electron chi connectivity index (χ3n) is 2.15. The molecule has 0 aliphatic rings. The van der Waals surface area contributed by atoms with Crippen LogP contribution in [0.5, 0.6) is 0 Å². The highest BCUT2D eigenvalue weighted by Crippen LogP contribution is 2.13. The first-order valence-corrected chi connectivity index (χ1v) is 5.60. The molecule has 0 spiro atoms. The molecule has 5 nitrogen and oxygen atoms in total. The minimum absolute atomic E-state index is 0.347. The number of benzene rings is 1. The van der Waals surface area contributed by atoms with Crippen molar-refractivity contribution in [2.24, 2.45) is 0 Å². The van der Waals surface area contributed by atoms with Crippen molar-refractivity contribution in [2.45, 2.75) is 13.1 Å². The Labute approximate surface area is 113 Å². The maximum atomic E-state index is 11.7. The zero-order valence-corrected chi connectivity index (χ0v) is 10.6. The summed E-state index contributed by atoms with van der Waals surface area (Å²) in [6.07, 6.45) is -4.53. The smallest absolute Gasteiger partial charge is 0.343 e. The van der Waals surface area contributed by atoms with E-state index in [0.29, 0.717) is 5.56 Å². The van der Waals surface area contributed by atoms with Gasteiger partial charge in [-0.2, -0.15) is 13.2 Å². The largest absolute Gasteiger partial charge is 0.414 e. The Hall–Kier alpha value is -2.09. The van der Waals surface area contributed by atoms with Crippen molar-refractivity contribution in [3.05, 3.63) is 35.4 Å². The minimum Gasteiger partial charge on any atom is -0.343 e. The minimum atomic E-state index is -4.53. The summed E-state index contributed by atoms with van der Waals surface area (Å²) in [5, 5.41) is 2.25. The number of alkyl halides is 3. The molecule has 1 aromatic rings. The molecule has 0 radical (unpaired) electrons. The summed E-state index contributed by atoms with van der Waals surface area (Å²) < 4.78 is 35.2. The molecule has 0 aliphatic carbocycles. The van der Waals surface area contributed by atoms with Crippen molar-refractivity contribution < 1.29 is 27.6 Å². The van der Waals surface area contributed by atoms with Gasteiger partial charge in [-0.3, -0.25) is 14.4 Å². The molecule has 0 fully saturated rings. The Morgan fingerprint density at radius 1 is 1.20 bits per heavy atom. The second-order valence-corrected chi connectivity index (χ2v) is 3.98. The number of nitrogens with one attached hydrogen (secondary N) is 2. The van der Waals surface area contributed by atoms with Gasteiger partial charge in [0, 0.05) is 5.56 Å². The highest BCUT2D eigenvalue weighted by Gasteiger charge is 2.28. The van der Waals surface area contributed by atoms with Gasteiger partial charge in [-0.1, -0.05) is 17.7 Å². The van der Waals surface area contributed by atoms with Gasteiger partial charge in [0.2, 0.25) is 0 Å². The van der Waals surface area contributed by atoms with Crippen LogP contribution in [0.25, 0.3) is 0 Å². The van der Waals surface area contributed by atoms with Crippen LogP contribution >= 0.6 is 0 Å². The van der Waals surface area contributed by atoms with Gasteiger partial charge in [0.1, 0.15) is 0 Å². The fourth-order valence-electron chi connectivity index (χ4n) is 1.20. The van der Waals surface area contributed by atoms with Crippen LogP contribution in [0.2, 0.25) is 0 Å². The number of carbonyl (C=O) groups is 2. The van der Waals surface area contributed by atoms with Gasteiger partial charge in [-0.25, -0.2) is 5.48 Å². The number of rotatable bonds is 5. The van der Waals surface area contributed by atoms with Crippen molar-refractivity contribution in [2.75, 3.05) is 13.2 Å². The van der Waals surface area contributed by atoms with Crippen molar-refractivity contribution in [1.82, 2.24) is 10.8 Å². The number of carbonyl (C=O) groups excluding carboxylic acids is 2. The van der Waals surface area contributed by atoms with Crippen molar-refractivity contribution >= 4 is 11.8 Å². The van der Waals surface area contributed by atoms with Crippen LogP contribution in [-0.2, 0) is 9.63 Å². The average molecular weight is 290 g/mol. The zero-order chi connectivity index (χ0) is 15.2. The number of aryl methyl sites for hydroxylation is 1. The number of halogens is 3. The van der Waals surface area contributed by atoms with Crippen molar-refractivity contribution in [3.63, 3.8) is 0 Å². The zero-order valence-electron chi connectivity index (χ0n) is 10.6. The predicted octanol–water partition coefficient (Wildman–Crippen LogP) is 1.33. The van der Waals surface area contributed by atoms with E-state index in [1.807, 2.05) is 6.92 Å². The van der Waals surface area contributed by atoms with Crippen molar-refractivity contribution in [1.29, 1.82) is 0 Å². The molecule has 1 rings (SSSR count). The van der Waals surface area contributed by atoms with Gasteiger partial charge in [0.05, 0.1) is 6.54 Å². The summed E-state index contributed by atoms with van der Waals surface area (Å²) in [6.45, 7) is -0.220. The molecule has 0 aliphatic heterocycles. The van der Waals surface area contributed by atoms with Crippen molar-refractivity contribution in [3.8, 4) is 0 Å². The van der Waals surface area contributed by atoms with Crippen LogP contribution in [-0.4, -0.2) is 31.1 Å². The SMILES string of the molecule is Cc1ccc(C(=O)NCC(=O)NOCC(F)(F)F)cc1. The molecule has 0 unspecified atom stereocenters. The summed E-state index contributed by atoms with van der Waals surface area (Å²) in [6, 6.07) is 6.59. The lowest BCUT2D eigenvalue weighted by atomic mass is 10.1. The molecule has 0 bridgehead atoms. The van der Waals surface area contributed by atoms with E-state index in [1.165, 1.54) is 0 Å². The molecule has 2 N–H and O–H groups in total. The fourth-order valence-corrected chi connectivity index (χ4v) is 1.20. The van der Waals surface area contributed by atoms with E-state index in [9.17, 15) is 22.8 Å². The number of hydroxylamine groups is 1. The van der Waals surface area contributed by atoms with E-state index in [0.717, 1.165) is 5.56 Å². The summed E-state index contributed by atoms with van der Waals surface area (Å²) in [4.78, 5) is 26.6. The molecule has 8 heteroatoms. The lowest BCUT2D eigenvalue weighted by Gasteiger charge is -2.09. The van der Waals surface area contributed by atoms with Gasteiger partial charge in [0.25, 0.3) is 11.8 Å². The molecule has 2 amide bonds. The van der Waals surface area contributed by atoms with E-state index in [-0.39, 0.29) is 0 Å². The maximum absolute atomic E-state index is 11.7. The third kappa shape index (κ3) is 6.19. The second-order valence-electron chi connectivity index (χ2n) is 3.98. The first-order valence-electron chi connectivity index (χ1n) is 5.60. The Morgan fingerprint density at radius 3 is 2.35 bits per heavy atom. The maximum Gasteiger partial charge on any atom is 0.414 e. The summed E-state index contributed by atoms with van der Waals surface area (Å²) >= 11 is 0. The molecule has 0 aromatic heterocycles. The molecule has 0 saturated heterocycles. The van der Waals surface area contributed by atoms with Crippen LogP contribution in [0.1, 0.15) is 15.9 Å². The number of hydrogen-bond donors (Lipinski definition) is 2. The first-order chi connectivity index (χ1) is 9.28. The quantitative estimate of drug-likeness (QED) is 0.804. The Morgan fingerprint density at radius 2 is 1.80 bits per heavy atom. The van der Waals surface area contributed by atoms with Crippen LogP contribution in [0, 0.1) is 6.92 Å². The van der Waals surface area contributed by atoms with Gasteiger partial charge in [-0.05, 0) is 19.1 Å². The molecule has 110 valence electrons. The van der Waals surface area contributed by atoms with E-state index in [2.05, 4.69) is 10.2 Å².